The Morgan fingerprint density at radius 2 is 2.11 bits per heavy atom. The maximum absolute atomic E-state index is 12.3. The van der Waals surface area contributed by atoms with E-state index < -0.39 is 9.84 Å². The first-order chi connectivity index (χ1) is 9.02. The second-order valence-corrected chi connectivity index (χ2v) is 7.87. The zero-order valence-corrected chi connectivity index (χ0v) is 12.4. The second kappa shape index (κ2) is 6.22. The highest BCUT2D eigenvalue weighted by Crippen LogP contribution is 2.28. The molecule has 2 fully saturated rings. The Morgan fingerprint density at radius 3 is 2.68 bits per heavy atom. The molecule has 19 heavy (non-hydrogen) atoms. The highest BCUT2D eigenvalue weighted by Gasteiger charge is 2.34. The van der Waals surface area contributed by atoms with Crippen LogP contribution < -0.4 is 5.32 Å². The van der Waals surface area contributed by atoms with Gasteiger partial charge >= 0.3 is 0 Å². The van der Waals surface area contributed by atoms with Gasteiger partial charge < -0.3 is 10.2 Å². The fourth-order valence-electron chi connectivity index (χ4n) is 2.55. The predicted molar refractivity (Wildman–Crippen MR) is 74.7 cm³/mol. The number of sulfone groups is 1. The number of carbonyl (C=O) groups excluding carboxylic acids is 1. The summed E-state index contributed by atoms with van der Waals surface area (Å²) in [6.45, 7) is 3.41. The SMILES string of the molecule is CCCCN(C(=O)CC1CS(=O)(=O)CCN1)C1CC1. The molecule has 1 N–H and O–H groups in total. The summed E-state index contributed by atoms with van der Waals surface area (Å²) in [6.07, 6.45) is 4.63. The van der Waals surface area contributed by atoms with Gasteiger partial charge in [0.25, 0.3) is 0 Å². The number of amides is 1. The van der Waals surface area contributed by atoms with Gasteiger partial charge in [0.05, 0.1) is 11.5 Å². The summed E-state index contributed by atoms with van der Waals surface area (Å²) < 4.78 is 23.1. The summed E-state index contributed by atoms with van der Waals surface area (Å²) in [6, 6.07) is 0.216. The molecule has 1 aliphatic carbocycles. The molecule has 6 heteroatoms. The molecular formula is C13H24N2O3S. The van der Waals surface area contributed by atoms with Crippen LogP contribution in [0.1, 0.15) is 39.0 Å². The largest absolute Gasteiger partial charge is 0.340 e. The Kier molecular flexibility index (Phi) is 4.84. The number of nitrogens with one attached hydrogen (secondary N) is 1. The van der Waals surface area contributed by atoms with E-state index in [9.17, 15) is 13.2 Å². The first-order valence-electron chi connectivity index (χ1n) is 7.25. The quantitative estimate of drug-likeness (QED) is 0.775. The number of hydrogen-bond donors (Lipinski definition) is 1. The maximum atomic E-state index is 12.3. The minimum absolute atomic E-state index is 0.102. The standard InChI is InChI=1S/C13H24N2O3S/c1-2-3-7-15(12-4-5-12)13(16)9-11-10-19(17,18)8-6-14-11/h11-12,14H,2-10H2,1H3. The summed E-state index contributed by atoms with van der Waals surface area (Å²) in [5.74, 6) is 0.413. The lowest BCUT2D eigenvalue weighted by Gasteiger charge is -2.27. The van der Waals surface area contributed by atoms with Crippen molar-refractivity contribution in [3.05, 3.63) is 0 Å². The van der Waals surface area contributed by atoms with Crippen LogP contribution in [0, 0.1) is 0 Å². The van der Waals surface area contributed by atoms with Gasteiger partial charge in [0, 0.05) is 31.6 Å². The normalized spacial score (nSPS) is 26.1. The smallest absolute Gasteiger partial charge is 0.224 e. The lowest BCUT2D eigenvalue weighted by molar-refractivity contribution is -0.132. The van der Waals surface area contributed by atoms with Crippen molar-refractivity contribution < 1.29 is 13.2 Å². The van der Waals surface area contributed by atoms with E-state index in [0.29, 0.717) is 19.0 Å². The molecule has 1 amide bonds. The first-order valence-corrected chi connectivity index (χ1v) is 9.07. The number of nitrogens with zero attached hydrogens (tertiary/aromatic N) is 1. The Labute approximate surface area is 115 Å². The Balaban J connectivity index is 1.87. The van der Waals surface area contributed by atoms with Crippen molar-refractivity contribution in [3.63, 3.8) is 0 Å². The summed E-state index contributed by atoms with van der Waals surface area (Å²) >= 11 is 0. The van der Waals surface area contributed by atoms with Crippen molar-refractivity contribution in [1.29, 1.82) is 0 Å². The van der Waals surface area contributed by atoms with Crippen LogP contribution in [0.15, 0.2) is 0 Å². The van der Waals surface area contributed by atoms with Crippen molar-refractivity contribution in [3.8, 4) is 0 Å². The van der Waals surface area contributed by atoms with Gasteiger partial charge in [-0.25, -0.2) is 8.42 Å². The predicted octanol–water partition coefficient (Wildman–Crippen LogP) is 0.554. The molecule has 1 unspecified atom stereocenters. The zero-order chi connectivity index (χ0) is 13.9. The number of rotatable bonds is 6. The van der Waals surface area contributed by atoms with E-state index in [-0.39, 0.29) is 23.5 Å². The van der Waals surface area contributed by atoms with E-state index in [1.165, 1.54) is 0 Å². The lowest BCUT2D eigenvalue weighted by atomic mass is 10.2. The molecule has 2 aliphatic rings. The van der Waals surface area contributed by atoms with Crippen LogP contribution in [0.5, 0.6) is 0 Å². The Morgan fingerprint density at radius 1 is 1.37 bits per heavy atom. The molecule has 0 aromatic heterocycles. The lowest BCUT2D eigenvalue weighted by Crippen LogP contribution is -2.48. The maximum Gasteiger partial charge on any atom is 0.224 e. The second-order valence-electron chi connectivity index (χ2n) is 5.64. The van der Waals surface area contributed by atoms with Gasteiger partial charge in [0.15, 0.2) is 9.84 Å². The molecule has 0 bridgehead atoms. The van der Waals surface area contributed by atoms with Gasteiger partial charge in [-0.05, 0) is 19.3 Å². The molecule has 1 heterocycles. The minimum Gasteiger partial charge on any atom is -0.340 e. The topological polar surface area (TPSA) is 66.5 Å². The molecule has 0 radical (unpaired) electrons. The molecule has 1 aliphatic heterocycles. The molecule has 1 saturated heterocycles. The molecule has 0 aromatic carbocycles. The zero-order valence-electron chi connectivity index (χ0n) is 11.6. The summed E-state index contributed by atoms with van der Waals surface area (Å²) in [4.78, 5) is 14.3. The molecule has 1 atom stereocenters. The molecule has 0 aromatic rings. The molecule has 2 rings (SSSR count). The number of unbranched alkanes of at least 4 members (excludes halogenated alkanes) is 1. The molecule has 1 saturated carbocycles. The van der Waals surface area contributed by atoms with E-state index in [2.05, 4.69) is 12.2 Å². The van der Waals surface area contributed by atoms with Gasteiger partial charge in [-0.2, -0.15) is 0 Å². The summed E-state index contributed by atoms with van der Waals surface area (Å²) in [5.41, 5.74) is 0. The van der Waals surface area contributed by atoms with Crippen LogP contribution >= 0.6 is 0 Å². The first kappa shape index (κ1) is 14.8. The number of hydrogen-bond acceptors (Lipinski definition) is 4. The van der Waals surface area contributed by atoms with Crippen molar-refractivity contribution in [2.45, 2.75) is 51.1 Å². The average Bonchev–Trinajstić information content (AvgIpc) is 3.12. The van der Waals surface area contributed by atoms with E-state index >= 15 is 0 Å². The van der Waals surface area contributed by atoms with Crippen LogP contribution in [-0.4, -0.2) is 55.9 Å². The fourth-order valence-corrected chi connectivity index (χ4v) is 4.00. The molecular weight excluding hydrogens is 264 g/mol. The number of carbonyl (C=O) groups is 1. The Hall–Kier alpha value is -0.620. The average molecular weight is 288 g/mol. The van der Waals surface area contributed by atoms with E-state index in [0.717, 1.165) is 32.2 Å². The molecule has 5 nitrogen and oxygen atoms in total. The third kappa shape index (κ3) is 4.45. The van der Waals surface area contributed by atoms with E-state index in [1.807, 2.05) is 4.90 Å². The highest BCUT2D eigenvalue weighted by molar-refractivity contribution is 7.91. The third-order valence-corrected chi connectivity index (χ3v) is 5.52. The van der Waals surface area contributed by atoms with E-state index in [4.69, 9.17) is 0 Å². The van der Waals surface area contributed by atoms with Crippen LogP contribution in [0.25, 0.3) is 0 Å². The van der Waals surface area contributed by atoms with Crippen molar-refractivity contribution in [2.24, 2.45) is 0 Å². The monoisotopic (exact) mass is 288 g/mol. The fraction of sp³-hybridized carbons (Fsp3) is 0.923. The highest BCUT2D eigenvalue weighted by atomic mass is 32.2. The van der Waals surface area contributed by atoms with Crippen LogP contribution in [0.2, 0.25) is 0 Å². The van der Waals surface area contributed by atoms with Crippen molar-refractivity contribution >= 4 is 15.7 Å². The van der Waals surface area contributed by atoms with Crippen LogP contribution in [0.3, 0.4) is 0 Å². The van der Waals surface area contributed by atoms with E-state index in [1.54, 1.807) is 0 Å². The van der Waals surface area contributed by atoms with Gasteiger partial charge in [-0.3, -0.25) is 4.79 Å². The third-order valence-electron chi connectivity index (χ3n) is 3.78. The van der Waals surface area contributed by atoms with Crippen molar-refractivity contribution in [2.75, 3.05) is 24.6 Å². The summed E-state index contributed by atoms with van der Waals surface area (Å²) in [5, 5.41) is 3.15. The Bertz CT molecular complexity index is 418. The van der Waals surface area contributed by atoms with Crippen LogP contribution in [0.4, 0.5) is 0 Å². The molecule has 0 spiro atoms. The minimum atomic E-state index is -2.96. The van der Waals surface area contributed by atoms with Gasteiger partial charge in [0.2, 0.25) is 5.91 Å². The van der Waals surface area contributed by atoms with Crippen LogP contribution in [-0.2, 0) is 14.6 Å². The molecule has 110 valence electrons. The van der Waals surface area contributed by atoms with Gasteiger partial charge in [0.1, 0.15) is 0 Å². The van der Waals surface area contributed by atoms with Crippen molar-refractivity contribution in [1.82, 2.24) is 10.2 Å². The van der Waals surface area contributed by atoms with Gasteiger partial charge in [-0.1, -0.05) is 13.3 Å². The summed E-state index contributed by atoms with van der Waals surface area (Å²) in [7, 11) is -2.96. The van der Waals surface area contributed by atoms with Gasteiger partial charge in [-0.15, -0.1) is 0 Å².